The molecule has 1 aromatic heterocycles. The Kier molecular flexibility index (Phi) is 2.95. The van der Waals surface area contributed by atoms with E-state index in [4.69, 9.17) is 0 Å². The first-order valence-corrected chi connectivity index (χ1v) is 4.93. The SMILES string of the molecule is Cn1cnnc1CNC(=O)c1ccccc1. The third kappa shape index (κ3) is 2.25. The van der Waals surface area contributed by atoms with Gasteiger partial charge in [-0.1, -0.05) is 18.2 Å². The fraction of sp³-hybridized carbons (Fsp3) is 0.182. The third-order valence-corrected chi connectivity index (χ3v) is 2.25. The fourth-order valence-corrected chi connectivity index (χ4v) is 1.32. The first-order valence-electron chi connectivity index (χ1n) is 4.93. The van der Waals surface area contributed by atoms with E-state index in [-0.39, 0.29) is 5.91 Å². The molecule has 0 aliphatic heterocycles. The van der Waals surface area contributed by atoms with Crippen molar-refractivity contribution in [2.24, 2.45) is 7.05 Å². The molecule has 0 saturated heterocycles. The normalized spacial score (nSPS) is 10.1. The lowest BCUT2D eigenvalue weighted by atomic mass is 10.2. The summed E-state index contributed by atoms with van der Waals surface area (Å²) in [5.74, 6) is 0.618. The highest BCUT2D eigenvalue weighted by Crippen LogP contribution is 1.98. The quantitative estimate of drug-likeness (QED) is 0.823. The van der Waals surface area contributed by atoms with Gasteiger partial charge in [-0.25, -0.2) is 0 Å². The summed E-state index contributed by atoms with van der Waals surface area (Å²) < 4.78 is 1.77. The van der Waals surface area contributed by atoms with Crippen LogP contribution in [0.5, 0.6) is 0 Å². The van der Waals surface area contributed by atoms with Gasteiger partial charge in [-0.2, -0.15) is 0 Å². The highest BCUT2D eigenvalue weighted by atomic mass is 16.1. The number of aryl methyl sites for hydroxylation is 1. The first-order chi connectivity index (χ1) is 7.77. The molecular weight excluding hydrogens is 204 g/mol. The van der Waals surface area contributed by atoms with E-state index in [2.05, 4.69) is 15.5 Å². The molecule has 0 bridgehead atoms. The largest absolute Gasteiger partial charge is 0.345 e. The van der Waals surface area contributed by atoms with Crippen LogP contribution >= 0.6 is 0 Å². The Bertz CT molecular complexity index is 478. The first kappa shape index (κ1) is 10.4. The van der Waals surface area contributed by atoms with Crippen LogP contribution in [0.3, 0.4) is 0 Å². The topological polar surface area (TPSA) is 59.8 Å². The summed E-state index contributed by atoms with van der Waals surface area (Å²) >= 11 is 0. The average molecular weight is 216 g/mol. The lowest BCUT2D eigenvalue weighted by Crippen LogP contribution is -2.24. The summed E-state index contributed by atoms with van der Waals surface area (Å²) in [6.45, 7) is 0.379. The number of amides is 1. The number of carbonyl (C=O) groups is 1. The molecule has 2 aromatic rings. The summed E-state index contributed by atoms with van der Waals surface area (Å²) in [5.41, 5.74) is 0.643. The number of hydrogen-bond donors (Lipinski definition) is 1. The molecule has 0 radical (unpaired) electrons. The Morgan fingerprint density at radius 2 is 2.12 bits per heavy atom. The Hall–Kier alpha value is -2.17. The lowest BCUT2D eigenvalue weighted by Gasteiger charge is -2.04. The Labute approximate surface area is 93.1 Å². The van der Waals surface area contributed by atoms with E-state index in [1.165, 1.54) is 0 Å². The summed E-state index contributed by atoms with van der Waals surface area (Å²) in [5, 5.41) is 10.4. The maximum Gasteiger partial charge on any atom is 0.251 e. The molecule has 2 rings (SSSR count). The van der Waals surface area contributed by atoms with E-state index in [0.717, 1.165) is 5.82 Å². The molecule has 0 aliphatic carbocycles. The number of aromatic nitrogens is 3. The second-order valence-corrected chi connectivity index (χ2v) is 3.41. The van der Waals surface area contributed by atoms with E-state index in [1.54, 1.807) is 23.0 Å². The predicted molar refractivity (Wildman–Crippen MR) is 58.6 cm³/mol. The van der Waals surface area contributed by atoms with Gasteiger partial charge in [0, 0.05) is 12.6 Å². The van der Waals surface area contributed by atoms with Crippen LogP contribution < -0.4 is 5.32 Å². The smallest absolute Gasteiger partial charge is 0.251 e. The van der Waals surface area contributed by atoms with Gasteiger partial charge < -0.3 is 9.88 Å². The minimum Gasteiger partial charge on any atom is -0.345 e. The van der Waals surface area contributed by atoms with Crippen LogP contribution in [0.25, 0.3) is 0 Å². The van der Waals surface area contributed by atoms with Crippen molar-refractivity contribution in [3.05, 3.63) is 48.0 Å². The van der Waals surface area contributed by atoms with E-state index < -0.39 is 0 Å². The van der Waals surface area contributed by atoms with E-state index in [0.29, 0.717) is 12.1 Å². The van der Waals surface area contributed by atoms with Gasteiger partial charge in [0.15, 0.2) is 5.82 Å². The highest BCUT2D eigenvalue weighted by Gasteiger charge is 2.06. The molecule has 82 valence electrons. The van der Waals surface area contributed by atoms with Gasteiger partial charge in [0.2, 0.25) is 0 Å². The molecular formula is C11H12N4O. The molecule has 16 heavy (non-hydrogen) atoms. The predicted octanol–water partition coefficient (Wildman–Crippen LogP) is 0.745. The monoisotopic (exact) mass is 216 g/mol. The zero-order valence-corrected chi connectivity index (χ0v) is 8.92. The van der Waals surface area contributed by atoms with Gasteiger partial charge in [0.05, 0.1) is 6.54 Å². The standard InChI is InChI=1S/C11H12N4O/c1-15-8-13-14-10(15)7-12-11(16)9-5-3-2-4-6-9/h2-6,8H,7H2,1H3,(H,12,16). The van der Waals surface area contributed by atoms with Crippen molar-refractivity contribution < 1.29 is 4.79 Å². The van der Waals surface area contributed by atoms with E-state index in [1.807, 2.05) is 25.2 Å². The molecule has 1 amide bonds. The highest BCUT2D eigenvalue weighted by molar-refractivity contribution is 5.93. The van der Waals surface area contributed by atoms with Gasteiger partial charge in [-0.15, -0.1) is 10.2 Å². The molecule has 1 N–H and O–H groups in total. The second kappa shape index (κ2) is 4.57. The second-order valence-electron chi connectivity index (χ2n) is 3.41. The van der Waals surface area contributed by atoms with Gasteiger partial charge in [-0.05, 0) is 12.1 Å². The number of nitrogens with one attached hydrogen (secondary N) is 1. The number of nitrogens with zero attached hydrogens (tertiary/aromatic N) is 3. The van der Waals surface area contributed by atoms with Crippen molar-refractivity contribution in [3.63, 3.8) is 0 Å². The van der Waals surface area contributed by atoms with Gasteiger partial charge in [0.1, 0.15) is 6.33 Å². The number of rotatable bonds is 3. The van der Waals surface area contributed by atoms with Crippen molar-refractivity contribution >= 4 is 5.91 Å². The number of hydrogen-bond acceptors (Lipinski definition) is 3. The molecule has 0 aliphatic rings. The van der Waals surface area contributed by atoms with Gasteiger partial charge in [0.25, 0.3) is 5.91 Å². The average Bonchev–Trinajstić information content (AvgIpc) is 2.73. The van der Waals surface area contributed by atoms with Crippen LogP contribution in [0.1, 0.15) is 16.2 Å². The number of benzene rings is 1. The lowest BCUT2D eigenvalue weighted by molar-refractivity contribution is 0.0949. The molecule has 0 fully saturated rings. The minimum absolute atomic E-state index is 0.108. The molecule has 0 atom stereocenters. The molecule has 0 spiro atoms. The maximum absolute atomic E-state index is 11.7. The Balaban J connectivity index is 1.97. The van der Waals surface area contributed by atoms with Crippen LogP contribution in [0.2, 0.25) is 0 Å². The molecule has 5 heteroatoms. The fourth-order valence-electron chi connectivity index (χ4n) is 1.32. The third-order valence-electron chi connectivity index (χ3n) is 2.25. The van der Waals surface area contributed by atoms with Crippen LogP contribution in [-0.2, 0) is 13.6 Å². The van der Waals surface area contributed by atoms with Gasteiger partial charge >= 0.3 is 0 Å². The van der Waals surface area contributed by atoms with Crippen molar-refractivity contribution in [1.82, 2.24) is 20.1 Å². The Morgan fingerprint density at radius 1 is 1.38 bits per heavy atom. The summed E-state index contributed by atoms with van der Waals surface area (Å²) in [6.07, 6.45) is 1.60. The minimum atomic E-state index is -0.108. The molecule has 1 heterocycles. The van der Waals surface area contributed by atoms with Crippen LogP contribution in [0.15, 0.2) is 36.7 Å². The van der Waals surface area contributed by atoms with Crippen molar-refractivity contribution in [2.75, 3.05) is 0 Å². The zero-order valence-electron chi connectivity index (χ0n) is 8.92. The van der Waals surface area contributed by atoms with Crippen molar-refractivity contribution in [2.45, 2.75) is 6.54 Å². The molecule has 0 unspecified atom stereocenters. The van der Waals surface area contributed by atoms with Crippen LogP contribution in [0, 0.1) is 0 Å². The van der Waals surface area contributed by atoms with Crippen LogP contribution in [-0.4, -0.2) is 20.7 Å². The van der Waals surface area contributed by atoms with Crippen LogP contribution in [0.4, 0.5) is 0 Å². The summed E-state index contributed by atoms with van der Waals surface area (Å²) in [6, 6.07) is 9.08. The summed E-state index contributed by atoms with van der Waals surface area (Å²) in [4.78, 5) is 11.7. The van der Waals surface area contributed by atoms with Crippen molar-refractivity contribution in [3.8, 4) is 0 Å². The molecule has 5 nitrogen and oxygen atoms in total. The molecule has 1 aromatic carbocycles. The maximum atomic E-state index is 11.7. The Morgan fingerprint density at radius 3 is 2.75 bits per heavy atom. The zero-order chi connectivity index (χ0) is 11.4. The van der Waals surface area contributed by atoms with Crippen molar-refractivity contribution in [1.29, 1.82) is 0 Å². The molecule has 0 saturated carbocycles. The van der Waals surface area contributed by atoms with E-state index >= 15 is 0 Å². The summed E-state index contributed by atoms with van der Waals surface area (Å²) in [7, 11) is 1.84. The van der Waals surface area contributed by atoms with E-state index in [9.17, 15) is 4.79 Å². The number of carbonyl (C=O) groups excluding carboxylic acids is 1. The van der Waals surface area contributed by atoms with Gasteiger partial charge in [-0.3, -0.25) is 4.79 Å².